The Balaban J connectivity index is 1.44. The van der Waals surface area contributed by atoms with E-state index >= 15 is 0 Å². The van der Waals surface area contributed by atoms with E-state index in [1.165, 1.54) is 63.5 Å². The molecule has 3 rings (SSSR count). The van der Waals surface area contributed by atoms with Crippen molar-refractivity contribution >= 4 is 11.9 Å². The molecule has 0 fully saturated rings. The molecule has 3 aromatic rings. The molecule has 1 amide bonds. The van der Waals surface area contributed by atoms with Crippen LogP contribution >= 0.6 is 0 Å². The van der Waals surface area contributed by atoms with Gasteiger partial charge in [-0.1, -0.05) is 99.8 Å². The van der Waals surface area contributed by atoms with Gasteiger partial charge in [0, 0.05) is 25.9 Å². The second-order valence-electron chi connectivity index (χ2n) is 10.7. The number of benzene rings is 2. The van der Waals surface area contributed by atoms with Gasteiger partial charge in [-0.2, -0.15) is 18.2 Å². The minimum atomic E-state index is -4.48. The molecule has 0 unspecified atom stereocenters. The van der Waals surface area contributed by atoms with Gasteiger partial charge in [0.1, 0.15) is 0 Å². The molecule has 0 saturated carbocycles. The van der Waals surface area contributed by atoms with E-state index in [9.17, 15) is 27.9 Å². The van der Waals surface area contributed by atoms with Gasteiger partial charge >= 0.3 is 18.1 Å². The highest BCUT2D eigenvalue weighted by Gasteiger charge is 2.30. The number of aliphatic carboxylic acids is 1. The Morgan fingerprint density at radius 2 is 1.29 bits per heavy atom. The van der Waals surface area contributed by atoms with E-state index < -0.39 is 23.6 Å². The van der Waals surface area contributed by atoms with E-state index in [2.05, 4.69) is 17.1 Å². The maximum atomic E-state index is 12.8. The predicted molar refractivity (Wildman–Crippen MR) is 152 cm³/mol. The number of aryl methyl sites for hydroxylation is 3. The Morgan fingerprint density at radius 1 is 0.762 bits per heavy atom. The van der Waals surface area contributed by atoms with Gasteiger partial charge in [0.2, 0.25) is 5.89 Å². The minimum Gasteiger partial charge on any atom is -0.474 e. The van der Waals surface area contributed by atoms with Crippen LogP contribution in [0.25, 0.3) is 0 Å². The van der Waals surface area contributed by atoms with Crippen molar-refractivity contribution in [2.75, 3.05) is 0 Å². The third-order valence-corrected chi connectivity index (χ3v) is 7.16. The zero-order chi connectivity index (χ0) is 30.4. The number of carboxylic acids is 1. The van der Waals surface area contributed by atoms with Crippen molar-refractivity contribution in [2.45, 2.75) is 103 Å². The van der Waals surface area contributed by atoms with Crippen LogP contribution in [0.15, 0.2) is 53.1 Å². The second kappa shape index (κ2) is 16.7. The molecule has 7 nitrogen and oxygen atoms in total. The van der Waals surface area contributed by atoms with Crippen LogP contribution in [0, 0.1) is 0 Å². The number of hydrogen-bond donors (Lipinski definition) is 1. The summed E-state index contributed by atoms with van der Waals surface area (Å²) in [6, 6.07) is 11.7. The lowest BCUT2D eigenvalue weighted by atomic mass is 10.1. The molecular weight excluding hydrogens is 547 g/mol. The average molecular weight is 588 g/mol. The van der Waals surface area contributed by atoms with Crippen molar-refractivity contribution in [3.8, 4) is 0 Å². The van der Waals surface area contributed by atoms with Crippen molar-refractivity contribution < 1.29 is 32.4 Å². The van der Waals surface area contributed by atoms with Crippen LogP contribution in [0.3, 0.4) is 0 Å². The van der Waals surface area contributed by atoms with E-state index in [0.29, 0.717) is 29.9 Å². The topological polar surface area (TPSA) is 96.5 Å². The summed E-state index contributed by atoms with van der Waals surface area (Å²) in [6.45, 7) is 2.09. The van der Waals surface area contributed by atoms with Gasteiger partial charge in [0.05, 0.1) is 5.56 Å². The molecule has 0 aliphatic rings. The zero-order valence-corrected chi connectivity index (χ0v) is 24.2. The fourth-order valence-corrected chi connectivity index (χ4v) is 4.72. The first-order chi connectivity index (χ1) is 20.2. The van der Waals surface area contributed by atoms with E-state index in [-0.39, 0.29) is 13.1 Å². The Kier molecular flexibility index (Phi) is 13.0. The number of rotatable bonds is 17. The molecule has 0 bridgehead atoms. The molecule has 0 radical (unpaired) electrons. The standard InChI is InChI=1S/C32H40F3N3O4/c1-2-3-4-5-6-7-8-9-10-11-28-36-29(42-37-28)21-18-24-12-14-25(15-13-24)22-38(30(39)31(40)41)23-26-16-19-27(20-17-26)32(33,34)35/h12-17,19-20H,2-11,18,21-23H2,1H3,(H,40,41). The van der Waals surface area contributed by atoms with E-state index in [1.54, 1.807) is 12.1 Å². The highest BCUT2D eigenvalue weighted by molar-refractivity contribution is 6.31. The van der Waals surface area contributed by atoms with Crippen molar-refractivity contribution in [2.24, 2.45) is 0 Å². The first-order valence-corrected chi connectivity index (χ1v) is 14.7. The average Bonchev–Trinajstić information content (AvgIpc) is 3.42. The number of unbranched alkanes of at least 4 members (excludes halogenated alkanes) is 8. The molecule has 1 N–H and O–H groups in total. The maximum Gasteiger partial charge on any atom is 0.416 e. The monoisotopic (exact) mass is 587 g/mol. The molecule has 2 aromatic carbocycles. The molecule has 0 spiro atoms. The molecule has 42 heavy (non-hydrogen) atoms. The first kappa shape index (κ1) is 32.8. The van der Waals surface area contributed by atoms with Gasteiger partial charge in [0.25, 0.3) is 0 Å². The summed E-state index contributed by atoms with van der Waals surface area (Å²) >= 11 is 0. The summed E-state index contributed by atoms with van der Waals surface area (Å²) in [7, 11) is 0. The lowest BCUT2D eigenvalue weighted by Crippen LogP contribution is -2.35. The molecule has 0 atom stereocenters. The summed E-state index contributed by atoms with van der Waals surface area (Å²) in [5, 5.41) is 13.3. The highest BCUT2D eigenvalue weighted by Crippen LogP contribution is 2.29. The minimum absolute atomic E-state index is 0.00167. The quantitative estimate of drug-likeness (QED) is 0.129. The predicted octanol–water partition coefficient (Wildman–Crippen LogP) is 7.56. The fraction of sp³-hybridized carbons (Fsp3) is 0.500. The number of alkyl halides is 3. The molecule has 1 heterocycles. The van der Waals surface area contributed by atoms with E-state index in [0.717, 1.165) is 41.3 Å². The molecule has 10 heteroatoms. The van der Waals surface area contributed by atoms with Crippen molar-refractivity contribution in [3.05, 3.63) is 82.5 Å². The van der Waals surface area contributed by atoms with Crippen molar-refractivity contribution in [3.63, 3.8) is 0 Å². The summed E-state index contributed by atoms with van der Waals surface area (Å²) < 4.78 is 43.9. The lowest BCUT2D eigenvalue weighted by Gasteiger charge is -2.21. The molecular formula is C32H40F3N3O4. The maximum absolute atomic E-state index is 12.8. The summed E-state index contributed by atoms with van der Waals surface area (Å²) in [6.07, 6.45) is 8.93. The Morgan fingerprint density at radius 3 is 1.83 bits per heavy atom. The van der Waals surface area contributed by atoms with Crippen LogP contribution in [0.5, 0.6) is 0 Å². The number of hydrogen-bond acceptors (Lipinski definition) is 5. The molecule has 0 aliphatic carbocycles. The van der Waals surface area contributed by atoms with Gasteiger partial charge in [-0.15, -0.1) is 0 Å². The molecule has 1 aromatic heterocycles. The number of carbonyl (C=O) groups is 2. The third-order valence-electron chi connectivity index (χ3n) is 7.16. The summed E-state index contributed by atoms with van der Waals surface area (Å²) in [5.74, 6) is -1.44. The third kappa shape index (κ3) is 11.3. The fourth-order valence-electron chi connectivity index (χ4n) is 4.72. The SMILES string of the molecule is CCCCCCCCCCCc1noc(CCc2ccc(CN(Cc3ccc(C(F)(F)F)cc3)C(=O)C(=O)O)cc2)n1. The van der Waals surface area contributed by atoms with Crippen LogP contribution < -0.4 is 0 Å². The Hall–Kier alpha value is -3.69. The van der Waals surface area contributed by atoms with E-state index in [1.807, 2.05) is 12.1 Å². The van der Waals surface area contributed by atoms with Gasteiger partial charge < -0.3 is 14.5 Å². The van der Waals surface area contributed by atoms with Crippen molar-refractivity contribution in [1.29, 1.82) is 0 Å². The van der Waals surface area contributed by atoms with Crippen LogP contribution in [0.1, 0.15) is 98.7 Å². The number of halogens is 3. The van der Waals surface area contributed by atoms with Crippen LogP contribution in [0.4, 0.5) is 13.2 Å². The van der Waals surface area contributed by atoms with Crippen LogP contribution in [0.2, 0.25) is 0 Å². The Labute approximate surface area is 245 Å². The van der Waals surface area contributed by atoms with Crippen molar-refractivity contribution in [1.82, 2.24) is 15.0 Å². The number of aromatic nitrogens is 2. The molecule has 0 aliphatic heterocycles. The second-order valence-corrected chi connectivity index (χ2v) is 10.7. The number of amides is 1. The van der Waals surface area contributed by atoms with E-state index in [4.69, 9.17) is 4.52 Å². The van der Waals surface area contributed by atoms with Gasteiger partial charge in [-0.3, -0.25) is 4.79 Å². The van der Waals surface area contributed by atoms with Crippen LogP contribution in [-0.4, -0.2) is 32.0 Å². The smallest absolute Gasteiger partial charge is 0.416 e. The van der Waals surface area contributed by atoms with Crippen LogP contribution in [-0.2, 0) is 48.1 Å². The highest BCUT2D eigenvalue weighted by atomic mass is 19.4. The largest absolute Gasteiger partial charge is 0.474 e. The molecule has 0 saturated heterocycles. The van der Waals surface area contributed by atoms with Gasteiger partial charge in [-0.05, 0) is 41.7 Å². The molecule has 228 valence electrons. The first-order valence-electron chi connectivity index (χ1n) is 14.7. The number of nitrogens with zero attached hydrogens (tertiary/aromatic N) is 3. The van der Waals surface area contributed by atoms with Gasteiger partial charge in [0.15, 0.2) is 5.82 Å². The zero-order valence-electron chi connectivity index (χ0n) is 24.2. The normalized spacial score (nSPS) is 11.5. The van der Waals surface area contributed by atoms with Gasteiger partial charge in [-0.25, -0.2) is 4.79 Å². The number of carboxylic acid groups (broad SMARTS) is 1. The Bertz CT molecular complexity index is 1240. The summed E-state index contributed by atoms with van der Waals surface area (Å²) in [5.41, 5.74) is 1.29. The lowest BCUT2D eigenvalue weighted by molar-refractivity contribution is -0.156. The number of carbonyl (C=O) groups excluding carboxylic acids is 1. The summed E-state index contributed by atoms with van der Waals surface area (Å²) in [4.78, 5) is 29.2.